The van der Waals surface area contributed by atoms with Crippen molar-refractivity contribution in [3.63, 3.8) is 0 Å². The molecule has 84 valence electrons. The molecule has 2 nitrogen and oxygen atoms in total. The highest BCUT2D eigenvalue weighted by Gasteiger charge is 2.07. The molecule has 2 heteroatoms. The standard InChI is InChI=1S/C14H18N2/c1-5-13-10(2)8-12(9-11(13)3)14-6-7-15-16(14)4/h6-9H,5H2,1-4H3. The number of rotatable bonds is 2. The zero-order valence-corrected chi connectivity index (χ0v) is 10.4. The molecule has 0 amide bonds. The Bertz CT molecular complexity index is 486. The zero-order valence-electron chi connectivity index (χ0n) is 10.4. The van der Waals surface area contributed by atoms with Crippen LogP contribution in [0, 0.1) is 13.8 Å². The number of aromatic nitrogens is 2. The van der Waals surface area contributed by atoms with Crippen LogP contribution in [-0.2, 0) is 13.5 Å². The first-order chi connectivity index (χ1) is 7.63. The van der Waals surface area contributed by atoms with E-state index < -0.39 is 0 Å². The van der Waals surface area contributed by atoms with Crippen molar-refractivity contribution in [1.82, 2.24) is 9.78 Å². The Morgan fingerprint density at radius 3 is 2.25 bits per heavy atom. The van der Waals surface area contributed by atoms with Gasteiger partial charge in [-0.15, -0.1) is 0 Å². The van der Waals surface area contributed by atoms with Crippen molar-refractivity contribution in [3.8, 4) is 11.3 Å². The highest BCUT2D eigenvalue weighted by Crippen LogP contribution is 2.24. The third-order valence-corrected chi connectivity index (χ3v) is 3.17. The molecule has 0 aliphatic carbocycles. The fourth-order valence-corrected chi connectivity index (χ4v) is 2.36. The summed E-state index contributed by atoms with van der Waals surface area (Å²) in [6.45, 7) is 6.58. The maximum Gasteiger partial charge on any atom is 0.0679 e. The van der Waals surface area contributed by atoms with Gasteiger partial charge < -0.3 is 0 Å². The summed E-state index contributed by atoms with van der Waals surface area (Å²) < 4.78 is 1.92. The molecule has 0 radical (unpaired) electrons. The van der Waals surface area contributed by atoms with Gasteiger partial charge in [0, 0.05) is 18.8 Å². The van der Waals surface area contributed by atoms with Gasteiger partial charge in [0.15, 0.2) is 0 Å². The number of hydrogen-bond acceptors (Lipinski definition) is 1. The van der Waals surface area contributed by atoms with E-state index in [0.717, 1.165) is 6.42 Å². The van der Waals surface area contributed by atoms with Gasteiger partial charge in [0.1, 0.15) is 0 Å². The topological polar surface area (TPSA) is 17.8 Å². The van der Waals surface area contributed by atoms with E-state index in [-0.39, 0.29) is 0 Å². The third-order valence-electron chi connectivity index (χ3n) is 3.17. The Labute approximate surface area is 96.9 Å². The molecule has 0 fully saturated rings. The van der Waals surface area contributed by atoms with Crippen molar-refractivity contribution in [1.29, 1.82) is 0 Å². The molecular weight excluding hydrogens is 196 g/mol. The Morgan fingerprint density at radius 2 is 1.81 bits per heavy atom. The lowest BCUT2D eigenvalue weighted by molar-refractivity contribution is 0.775. The van der Waals surface area contributed by atoms with Crippen LogP contribution < -0.4 is 0 Å². The predicted octanol–water partition coefficient (Wildman–Crippen LogP) is 3.27. The molecule has 0 unspecified atom stereocenters. The van der Waals surface area contributed by atoms with Crippen LogP contribution in [0.3, 0.4) is 0 Å². The lowest BCUT2D eigenvalue weighted by atomic mass is 9.96. The van der Waals surface area contributed by atoms with Gasteiger partial charge in [-0.3, -0.25) is 4.68 Å². The lowest BCUT2D eigenvalue weighted by Crippen LogP contribution is -1.97. The molecule has 0 N–H and O–H groups in total. The van der Waals surface area contributed by atoms with Gasteiger partial charge in [0.2, 0.25) is 0 Å². The van der Waals surface area contributed by atoms with E-state index >= 15 is 0 Å². The van der Waals surface area contributed by atoms with Gasteiger partial charge in [0.05, 0.1) is 5.69 Å². The molecule has 16 heavy (non-hydrogen) atoms. The van der Waals surface area contributed by atoms with Crippen LogP contribution in [0.15, 0.2) is 24.4 Å². The third kappa shape index (κ3) is 1.75. The molecule has 0 aliphatic rings. The van der Waals surface area contributed by atoms with Gasteiger partial charge in [-0.2, -0.15) is 5.10 Å². The van der Waals surface area contributed by atoms with Crippen molar-refractivity contribution >= 4 is 0 Å². The molecule has 1 aromatic heterocycles. The number of benzene rings is 1. The minimum atomic E-state index is 1.10. The van der Waals surface area contributed by atoms with Gasteiger partial charge >= 0.3 is 0 Å². The predicted molar refractivity (Wildman–Crippen MR) is 67.5 cm³/mol. The molecular formula is C14H18N2. The van der Waals surface area contributed by atoms with Crippen LogP contribution >= 0.6 is 0 Å². The summed E-state index contributed by atoms with van der Waals surface area (Å²) in [5, 5.41) is 4.21. The van der Waals surface area contributed by atoms with Crippen molar-refractivity contribution in [2.45, 2.75) is 27.2 Å². The van der Waals surface area contributed by atoms with Gasteiger partial charge in [-0.25, -0.2) is 0 Å². The van der Waals surface area contributed by atoms with Gasteiger partial charge in [-0.1, -0.05) is 6.92 Å². The van der Waals surface area contributed by atoms with Crippen LogP contribution in [-0.4, -0.2) is 9.78 Å². The van der Waals surface area contributed by atoms with Crippen LogP contribution in [0.2, 0.25) is 0 Å². The van der Waals surface area contributed by atoms with E-state index in [2.05, 4.69) is 44.1 Å². The molecule has 0 saturated heterocycles. The Kier molecular flexibility index (Phi) is 2.82. The van der Waals surface area contributed by atoms with Crippen molar-refractivity contribution in [2.75, 3.05) is 0 Å². The summed E-state index contributed by atoms with van der Waals surface area (Å²) in [5.74, 6) is 0. The molecule has 1 aromatic carbocycles. The zero-order chi connectivity index (χ0) is 11.7. The maximum absolute atomic E-state index is 4.21. The summed E-state index contributed by atoms with van der Waals surface area (Å²) >= 11 is 0. The summed E-state index contributed by atoms with van der Waals surface area (Å²) in [5.41, 5.74) is 6.64. The first-order valence-electron chi connectivity index (χ1n) is 5.72. The fraction of sp³-hybridized carbons (Fsp3) is 0.357. The number of nitrogens with zero attached hydrogens (tertiary/aromatic N) is 2. The van der Waals surface area contributed by atoms with E-state index in [9.17, 15) is 0 Å². The lowest BCUT2D eigenvalue weighted by Gasteiger charge is -2.11. The highest BCUT2D eigenvalue weighted by atomic mass is 15.2. The average Bonchev–Trinajstić information content (AvgIpc) is 2.64. The largest absolute Gasteiger partial charge is 0.268 e. The molecule has 0 atom stereocenters. The van der Waals surface area contributed by atoms with E-state index in [4.69, 9.17) is 0 Å². The van der Waals surface area contributed by atoms with Crippen molar-refractivity contribution < 1.29 is 0 Å². The normalized spacial score (nSPS) is 10.8. The quantitative estimate of drug-likeness (QED) is 0.750. The van der Waals surface area contributed by atoms with E-state index in [1.54, 1.807) is 0 Å². The summed E-state index contributed by atoms with van der Waals surface area (Å²) in [6, 6.07) is 6.56. The van der Waals surface area contributed by atoms with Crippen LogP contribution in [0.5, 0.6) is 0 Å². The van der Waals surface area contributed by atoms with Gasteiger partial charge in [-0.05, 0) is 55.2 Å². The van der Waals surface area contributed by atoms with E-state index in [1.807, 2.05) is 17.9 Å². The molecule has 0 saturated carbocycles. The number of hydrogen-bond donors (Lipinski definition) is 0. The molecule has 0 bridgehead atoms. The second kappa shape index (κ2) is 4.12. The van der Waals surface area contributed by atoms with Crippen LogP contribution in [0.25, 0.3) is 11.3 Å². The minimum Gasteiger partial charge on any atom is -0.268 e. The molecule has 2 rings (SSSR count). The molecule has 0 spiro atoms. The average molecular weight is 214 g/mol. The minimum absolute atomic E-state index is 1.10. The maximum atomic E-state index is 4.21. The summed E-state index contributed by atoms with van der Waals surface area (Å²) in [6.07, 6.45) is 2.94. The Balaban J connectivity index is 2.57. The number of aryl methyl sites for hydroxylation is 3. The second-order valence-corrected chi connectivity index (χ2v) is 4.28. The monoisotopic (exact) mass is 214 g/mol. The van der Waals surface area contributed by atoms with Gasteiger partial charge in [0.25, 0.3) is 0 Å². The Morgan fingerprint density at radius 1 is 1.19 bits per heavy atom. The van der Waals surface area contributed by atoms with Crippen LogP contribution in [0.1, 0.15) is 23.6 Å². The first-order valence-corrected chi connectivity index (χ1v) is 5.72. The van der Waals surface area contributed by atoms with Crippen molar-refractivity contribution in [3.05, 3.63) is 41.1 Å². The molecule has 1 heterocycles. The molecule has 0 aliphatic heterocycles. The fourth-order valence-electron chi connectivity index (χ4n) is 2.36. The highest BCUT2D eigenvalue weighted by molar-refractivity contribution is 5.62. The smallest absolute Gasteiger partial charge is 0.0679 e. The van der Waals surface area contributed by atoms with Crippen molar-refractivity contribution in [2.24, 2.45) is 7.05 Å². The Hall–Kier alpha value is -1.57. The van der Waals surface area contributed by atoms with Crippen LogP contribution in [0.4, 0.5) is 0 Å². The van der Waals surface area contributed by atoms with E-state index in [1.165, 1.54) is 27.9 Å². The second-order valence-electron chi connectivity index (χ2n) is 4.28. The molecule has 2 aromatic rings. The van der Waals surface area contributed by atoms with E-state index in [0.29, 0.717) is 0 Å². The summed E-state index contributed by atoms with van der Waals surface area (Å²) in [7, 11) is 1.98. The first kappa shape index (κ1) is 10.9. The SMILES string of the molecule is CCc1c(C)cc(-c2ccnn2C)cc1C. The summed E-state index contributed by atoms with van der Waals surface area (Å²) in [4.78, 5) is 0.